The Morgan fingerprint density at radius 1 is 1.00 bits per heavy atom. The third-order valence-electron chi connectivity index (χ3n) is 6.05. The number of hydrogen-bond acceptors (Lipinski definition) is 4. The van der Waals surface area contributed by atoms with E-state index in [1.165, 1.54) is 0 Å². The van der Waals surface area contributed by atoms with Crippen LogP contribution >= 0.6 is 0 Å². The van der Waals surface area contributed by atoms with Crippen molar-refractivity contribution in [1.29, 1.82) is 0 Å². The molecule has 0 unspecified atom stereocenters. The predicted molar refractivity (Wildman–Crippen MR) is 117 cm³/mol. The van der Waals surface area contributed by atoms with Gasteiger partial charge >= 0.3 is 0 Å². The Kier molecular flexibility index (Phi) is 6.10. The Morgan fingerprint density at radius 2 is 1.68 bits per heavy atom. The molecule has 0 spiro atoms. The minimum absolute atomic E-state index is 0.114. The van der Waals surface area contributed by atoms with Gasteiger partial charge in [0.2, 0.25) is 0 Å². The van der Waals surface area contributed by atoms with Crippen LogP contribution in [-0.2, 0) is 11.0 Å². The van der Waals surface area contributed by atoms with Gasteiger partial charge in [-0.05, 0) is 36.3 Å². The quantitative estimate of drug-likeness (QED) is 0.654. The fourth-order valence-corrected chi connectivity index (χ4v) is 4.06. The largest absolute Gasteiger partial charge is 0.412 e. The van der Waals surface area contributed by atoms with E-state index in [9.17, 15) is 0 Å². The molecule has 28 heavy (non-hydrogen) atoms. The topological polar surface area (TPSA) is 28.6 Å². The second-order valence-corrected chi connectivity index (χ2v) is 13.8. The van der Waals surface area contributed by atoms with Gasteiger partial charge in [-0.1, -0.05) is 39.0 Å². The maximum atomic E-state index is 15.2. The number of rotatable bonds is 5. The molecule has 0 N–H and O–H groups in total. The van der Waals surface area contributed by atoms with Gasteiger partial charge in [0, 0.05) is 37.9 Å². The lowest BCUT2D eigenvalue weighted by molar-refractivity contribution is 0.271. The van der Waals surface area contributed by atoms with E-state index in [0.29, 0.717) is 17.9 Å². The number of piperazine rings is 1. The van der Waals surface area contributed by atoms with Crippen LogP contribution in [0.5, 0.6) is 0 Å². The number of aromatic nitrogens is 1. The Labute approximate surface area is 169 Å². The molecular formula is C22H32FN3OSi. The normalized spacial score (nSPS) is 15.8. The zero-order chi connectivity index (χ0) is 20.4. The molecule has 1 aliphatic rings. The molecule has 1 aromatic heterocycles. The number of halogens is 1. The van der Waals surface area contributed by atoms with Crippen molar-refractivity contribution in [3.63, 3.8) is 0 Å². The van der Waals surface area contributed by atoms with Gasteiger partial charge < -0.3 is 14.2 Å². The van der Waals surface area contributed by atoms with Crippen LogP contribution in [0.4, 0.5) is 15.9 Å². The first-order chi connectivity index (χ1) is 13.2. The Morgan fingerprint density at radius 3 is 2.29 bits per heavy atom. The fraction of sp³-hybridized carbons (Fsp3) is 0.500. The molecule has 1 saturated heterocycles. The van der Waals surface area contributed by atoms with Crippen molar-refractivity contribution in [3.05, 3.63) is 54.0 Å². The average molecular weight is 402 g/mol. The van der Waals surface area contributed by atoms with Gasteiger partial charge in [-0.2, -0.15) is 0 Å². The van der Waals surface area contributed by atoms with Crippen LogP contribution in [0.1, 0.15) is 26.3 Å². The summed E-state index contributed by atoms with van der Waals surface area (Å²) in [6.07, 6.45) is 1.81. The minimum Gasteiger partial charge on any atom is -0.412 e. The van der Waals surface area contributed by atoms with Gasteiger partial charge in [0.25, 0.3) is 0 Å². The highest BCUT2D eigenvalue weighted by molar-refractivity contribution is 6.74. The molecule has 6 heteroatoms. The molecule has 1 aromatic carbocycles. The lowest BCUT2D eigenvalue weighted by Gasteiger charge is -2.37. The zero-order valence-electron chi connectivity index (χ0n) is 17.7. The maximum absolute atomic E-state index is 15.2. The van der Waals surface area contributed by atoms with Crippen molar-refractivity contribution in [2.45, 2.75) is 45.5 Å². The molecular weight excluding hydrogens is 369 g/mol. The van der Waals surface area contributed by atoms with Crippen LogP contribution in [0.25, 0.3) is 0 Å². The van der Waals surface area contributed by atoms with E-state index < -0.39 is 8.32 Å². The summed E-state index contributed by atoms with van der Waals surface area (Å²) in [6.45, 7) is 14.6. The smallest absolute Gasteiger partial charge is 0.192 e. The second-order valence-electron chi connectivity index (χ2n) is 8.96. The number of benzene rings is 1. The predicted octanol–water partition coefficient (Wildman–Crippen LogP) is 5.07. The van der Waals surface area contributed by atoms with E-state index in [0.717, 1.165) is 32.0 Å². The third-order valence-corrected chi connectivity index (χ3v) is 10.5. The van der Waals surface area contributed by atoms with E-state index >= 15 is 4.39 Å². The molecule has 0 saturated carbocycles. The van der Waals surface area contributed by atoms with Crippen LogP contribution in [0.3, 0.4) is 0 Å². The van der Waals surface area contributed by atoms with Gasteiger partial charge in [0.05, 0.1) is 12.3 Å². The number of hydrogen-bond donors (Lipinski definition) is 0. The van der Waals surface area contributed by atoms with Crippen molar-refractivity contribution in [3.8, 4) is 0 Å². The van der Waals surface area contributed by atoms with Crippen LogP contribution in [-0.4, -0.2) is 39.5 Å². The molecule has 0 amide bonds. The van der Waals surface area contributed by atoms with Crippen molar-refractivity contribution in [2.24, 2.45) is 0 Å². The molecule has 0 atom stereocenters. The summed E-state index contributed by atoms with van der Waals surface area (Å²) in [5.74, 6) is 0.839. The zero-order valence-corrected chi connectivity index (χ0v) is 18.7. The number of anilines is 2. The van der Waals surface area contributed by atoms with Crippen LogP contribution < -0.4 is 9.80 Å². The molecule has 152 valence electrons. The van der Waals surface area contributed by atoms with E-state index in [4.69, 9.17) is 4.43 Å². The molecule has 0 radical (unpaired) electrons. The van der Waals surface area contributed by atoms with Gasteiger partial charge in [-0.3, -0.25) is 0 Å². The van der Waals surface area contributed by atoms with E-state index in [1.807, 2.05) is 42.6 Å². The van der Waals surface area contributed by atoms with Crippen molar-refractivity contribution in [1.82, 2.24) is 4.98 Å². The second kappa shape index (κ2) is 8.21. The summed E-state index contributed by atoms with van der Waals surface area (Å²) >= 11 is 0. The van der Waals surface area contributed by atoms with Crippen LogP contribution in [0.2, 0.25) is 18.1 Å². The highest BCUT2D eigenvalue weighted by atomic mass is 28.4. The van der Waals surface area contributed by atoms with E-state index in [-0.39, 0.29) is 10.9 Å². The van der Waals surface area contributed by atoms with Crippen molar-refractivity contribution < 1.29 is 8.82 Å². The molecule has 0 aliphatic carbocycles. The first-order valence-electron chi connectivity index (χ1n) is 10.0. The SMILES string of the molecule is CC(C)(C)[Si](C)(C)OCc1cccc(N2CCN(c3ccccn3)CC2)c1F. The molecule has 1 aliphatic heterocycles. The molecule has 2 heterocycles. The summed E-state index contributed by atoms with van der Waals surface area (Å²) in [6, 6.07) is 11.6. The van der Waals surface area contributed by atoms with Gasteiger partial charge in [-0.25, -0.2) is 9.37 Å². The molecule has 3 rings (SSSR count). The summed E-state index contributed by atoms with van der Waals surface area (Å²) < 4.78 is 21.5. The third kappa shape index (κ3) is 4.55. The fourth-order valence-electron chi connectivity index (χ4n) is 3.11. The van der Waals surface area contributed by atoms with E-state index in [1.54, 1.807) is 0 Å². The number of pyridine rings is 1. The maximum Gasteiger partial charge on any atom is 0.192 e. The number of nitrogens with zero attached hydrogens (tertiary/aromatic N) is 3. The molecule has 0 bridgehead atoms. The average Bonchev–Trinajstić information content (AvgIpc) is 2.67. The molecule has 1 fully saturated rings. The summed E-state index contributed by atoms with van der Waals surface area (Å²) in [4.78, 5) is 8.80. The Bertz CT molecular complexity index is 784. The van der Waals surface area contributed by atoms with Crippen LogP contribution in [0, 0.1) is 5.82 Å². The van der Waals surface area contributed by atoms with Gasteiger partial charge in [-0.15, -0.1) is 0 Å². The Hall–Kier alpha value is -1.92. The lowest BCUT2D eigenvalue weighted by atomic mass is 10.1. The minimum atomic E-state index is -1.91. The van der Waals surface area contributed by atoms with Gasteiger partial charge in [0.1, 0.15) is 5.82 Å². The highest BCUT2D eigenvalue weighted by Crippen LogP contribution is 2.37. The van der Waals surface area contributed by atoms with Gasteiger partial charge in [0.15, 0.2) is 14.1 Å². The first-order valence-corrected chi connectivity index (χ1v) is 12.9. The Balaban J connectivity index is 1.67. The monoisotopic (exact) mass is 401 g/mol. The van der Waals surface area contributed by atoms with Crippen molar-refractivity contribution in [2.75, 3.05) is 36.0 Å². The van der Waals surface area contributed by atoms with E-state index in [2.05, 4.69) is 48.6 Å². The standard InChI is InChI=1S/C22H32FN3OSi/c1-22(2,3)28(4,5)27-17-18-9-8-10-19(21(18)23)25-13-15-26(16-14-25)20-11-6-7-12-24-20/h6-12H,13-17H2,1-5H3. The first kappa shape index (κ1) is 20.8. The summed E-state index contributed by atoms with van der Waals surface area (Å²) in [5, 5.41) is 0.114. The van der Waals surface area contributed by atoms with Crippen molar-refractivity contribution >= 4 is 19.8 Å². The summed E-state index contributed by atoms with van der Waals surface area (Å²) in [5.41, 5.74) is 1.33. The lowest BCUT2D eigenvalue weighted by Crippen LogP contribution is -2.47. The summed E-state index contributed by atoms with van der Waals surface area (Å²) in [7, 11) is -1.91. The molecule has 4 nitrogen and oxygen atoms in total. The highest BCUT2D eigenvalue weighted by Gasteiger charge is 2.37. The molecule has 2 aromatic rings. The van der Waals surface area contributed by atoms with Crippen LogP contribution in [0.15, 0.2) is 42.6 Å².